The van der Waals surface area contributed by atoms with Gasteiger partial charge in [0.2, 0.25) is 0 Å². The van der Waals surface area contributed by atoms with E-state index in [4.69, 9.17) is 11.6 Å². The van der Waals surface area contributed by atoms with Crippen molar-refractivity contribution in [2.45, 2.75) is 26.3 Å². The van der Waals surface area contributed by atoms with Crippen LogP contribution in [0.5, 0.6) is 0 Å². The Hall–Kier alpha value is -1.84. The highest BCUT2D eigenvalue weighted by molar-refractivity contribution is 6.30. The summed E-state index contributed by atoms with van der Waals surface area (Å²) in [6, 6.07) is 16.9. The fraction of sp³-hybridized carbons (Fsp3) is 0.381. The summed E-state index contributed by atoms with van der Waals surface area (Å²) in [5, 5.41) is 7.65. The van der Waals surface area contributed by atoms with E-state index in [2.05, 4.69) is 60.4 Å². The van der Waals surface area contributed by atoms with Crippen LogP contribution in [0.15, 0.2) is 53.6 Å². The first-order chi connectivity index (χ1) is 12.1. The van der Waals surface area contributed by atoms with Crippen LogP contribution in [0, 0.1) is 0 Å². The molecule has 0 bridgehead atoms. The summed E-state index contributed by atoms with van der Waals surface area (Å²) < 4.78 is 0. The van der Waals surface area contributed by atoms with Crippen LogP contribution in [0.3, 0.4) is 0 Å². The largest absolute Gasteiger partial charge is 0.328 e. The standard InChI is InChI=1S/C21H26ClN3/c1-17(2)20-7-3-18(4-8-20)15-23-25-13-11-24(12-14-25)16-19-5-9-21(22)10-6-19/h3-10,15,17H,11-14,16H2,1-2H3/p+1/b23-15-. The lowest BCUT2D eigenvalue weighted by Crippen LogP contribution is -3.13. The Morgan fingerprint density at radius 1 is 1.04 bits per heavy atom. The number of rotatable bonds is 5. The third kappa shape index (κ3) is 5.32. The molecule has 0 radical (unpaired) electrons. The summed E-state index contributed by atoms with van der Waals surface area (Å²) in [6.07, 6.45) is 1.98. The van der Waals surface area contributed by atoms with Crippen LogP contribution < -0.4 is 4.90 Å². The maximum absolute atomic E-state index is 5.95. The van der Waals surface area contributed by atoms with Crippen molar-refractivity contribution in [3.05, 3.63) is 70.2 Å². The highest BCUT2D eigenvalue weighted by Crippen LogP contribution is 2.14. The number of hydrogen-bond donors (Lipinski definition) is 1. The van der Waals surface area contributed by atoms with Crippen molar-refractivity contribution in [2.75, 3.05) is 26.2 Å². The van der Waals surface area contributed by atoms with Crippen molar-refractivity contribution in [3.8, 4) is 0 Å². The molecule has 0 saturated carbocycles. The van der Waals surface area contributed by atoms with E-state index in [0.717, 1.165) is 37.7 Å². The lowest BCUT2D eigenvalue weighted by atomic mass is 10.0. The van der Waals surface area contributed by atoms with Crippen molar-refractivity contribution >= 4 is 17.8 Å². The fourth-order valence-corrected chi connectivity index (χ4v) is 3.24. The summed E-state index contributed by atoms with van der Waals surface area (Å²) in [7, 11) is 0. The van der Waals surface area contributed by atoms with Crippen LogP contribution in [0.25, 0.3) is 0 Å². The van der Waals surface area contributed by atoms with Gasteiger partial charge in [0.05, 0.1) is 32.4 Å². The van der Waals surface area contributed by atoms with Crippen LogP contribution >= 0.6 is 11.6 Å². The second-order valence-corrected chi connectivity index (χ2v) is 7.51. The highest BCUT2D eigenvalue weighted by atomic mass is 35.5. The summed E-state index contributed by atoms with van der Waals surface area (Å²) in [5.74, 6) is 0.572. The predicted octanol–water partition coefficient (Wildman–Crippen LogP) is 3.20. The van der Waals surface area contributed by atoms with Gasteiger partial charge < -0.3 is 4.90 Å². The van der Waals surface area contributed by atoms with Gasteiger partial charge in [0, 0.05) is 10.6 Å². The SMILES string of the molecule is CC(C)c1ccc(/C=N\N2CC[NH+](Cc3ccc(Cl)cc3)CC2)cc1. The minimum Gasteiger partial charge on any atom is -0.328 e. The molecule has 1 heterocycles. The van der Waals surface area contributed by atoms with Crippen LogP contribution in [0.2, 0.25) is 5.02 Å². The minimum absolute atomic E-state index is 0.572. The average Bonchev–Trinajstić information content (AvgIpc) is 2.63. The highest BCUT2D eigenvalue weighted by Gasteiger charge is 2.18. The van der Waals surface area contributed by atoms with E-state index in [9.17, 15) is 0 Å². The number of quaternary nitrogens is 1. The van der Waals surface area contributed by atoms with E-state index in [1.54, 1.807) is 4.90 Å². The lowest BCUT2D eigenvalue weighted by molar-refractivity contribution is -0.918. The van der Waals surface area contributed by atoms with Crippen molar-refractivity contribution in [2.24, 2.45) is 5.10 Å². The zero-order valence-corrected chi connectivity index (χ0v) is 15.8. The van der Waals surface area contributed by atoms with Gasteiger partial charge in [0.15, 0.2) is 0 Å². The monoisotopic (exact) mass is 356 g/mol. The number of hydrogen-bond acceptors (Lipinski definition) is 2. The third-order valence-corrected chi connectivity index (χ3v) is 5.04. The van der Waals surface area contributed by atoms with Gasteiger partial charge in [-0.2, -0.15) is 5.10 Å². The molecule has 1 aliphatic rings. The second kappa shape index (κ2) is 8.50. The second-order valence-electron chi connectivity index (χ2n) is 7.07. The Balaban J connectivity index is 1.47. The smallest absolute Gasteiger partial charge is 0.103 e. The van der Waals surface area contributed by atoms with Crippen LogP contribution in [0.4, 0.5) is 0 Å². The Morgan fingerprint density at radius 2 is 1.68 bits per heavy atom. The molecule has 0 unspecified atom stereocenters. The van der Waals surface area contributed by atoms with Crippen LogP contribution in [0.1, 0.15) is 36.5 Å². The molecule has 3 rings (SSSR count). The number of halogens is 1. The average molecular weight is 357 g/mol. The summed E-state index contributed by atoms with van der Waals surface area (Å²) in [4.78, 5) is 1.61. The van der Waals surface area contributed by atoms with E-state index in [1.165, 1.54) is 16.7 Å². The van der Waals surface area contributed by atoms with Crippen LogP contribution in [-0.4, -0.2) is 37.4 Å². The van der Waals surface area contributed by atoms with Gasteiger partial charge in [-0.15, -0.1) is 0 Å². The normalized spacial score (nSPS) is 16.1. The molecule has 0 amide bonds. The van der Waals surface area contributed by atoms with E-state index in [1.807, 2.05) is 18.3 Å². The topological polar surface area (TPSA) is 20.0 Å². The van der Waals surface area contributed by atoms with Crippen molar-refractivity contribution in [1.82, 2.24) is 5.01 Å². The van der Waals surface area contributed by atoms with E-state index in [-0.39, 0.29) is 0 Å². The zero-order valence-electron chi connectivity index (χ0n) is 15.1. The molecule has 0 atom stereocenters. The summed E-state index contributed by atoms with van der Waals surface area (Å²) >= 11 is 5.95. The predicted molar refractivity (Wildman–Crippen MR) is 106 cm³/mol. The number of nitrogens with zero attached hydrogens (tertiary/aromatic N) is 2. The molecule has 25 heavy (non-hydrogen) atoms. The van der Waals surface area contributed by atoms with E-state index < -0.39 is 0 Å². The maximum atomic E-state index is 5.95. The Bertz CT molecular complexity index is 684. The summed E-state index contributed by atoms with van der Waals surface area (Å²) in [5.41, 5.74) is 3.89. The number of hydrazone groups is 1. The van der Waals surface area contributed by atoms with Crippen molar-refractivity contribution in [1.29, 1.82) is 0 Å². The molecule has 0 aliphatic carbocycles. The van der Waals surface area contributed by atoms with Crippen molar-refractivity contribution < 1.29 is 4.90 Å². The van der Waals surface area contributed by atoms with Crippen molar-refractivity contribution in [3.63, 3.8) is 0 Å². The molecule has 3 nitrogen and oxygen atoms in total. The molecule has 1 fully saturated rings. The summed E-state index contributed by atoms with van der Waals surface area (Å²) in [6.45, 7) is 9.74. The number of benzene rings is 2. The molecule has 0 spiro atoms. The molecular weight excluding hydrogens is 330 g/mol. The van der Waals surface area contributed by atoms with Gasteiger partial charge in [-0.05, 0) is 29.2 Å². The van der Waals surface area contributed by atoms with E-state index >= 15 is 0 Å². The molecule has 1 aliphatic heterocycles. The van der Waals surface area contributed by atoms with Gasteiger partial charge >= 0.3 is 0 Å². The molecule has 132 valence electrons. The molecule has 2 aromatic rings. The maximum Gasteiger partial charge on any atom is 0.103 e. The Labute approximate surface area is 155 Å². The lowest BCUT2D eigenvalue weighted by Gasteiger charge is -2.30. The molecule has 2 aromatic carbocycles. The number of nitrogens with one attached hydrogen (secondary N) is 1. The first-order valence-corrected chi connectivity index (χ1v) is 9.45. The Kier molecular flexibility index (Phi) is 6.11. The first kappa shape index (κ1) is 18.0. The molecule has 1 N–H and O–H groups in total. The van der Waals surface area contributed by atoms with Gasteiger partial charge in [-0.3, -0.25) is 5.01 Å². The Morgan fingerprint density at radius 3 is 2.28 bits per heavy atom. The van der Waals surface area contributed by atoms with Gasteiger partial charge in [-0.25, -0.2) is 0 Å². The first-order valence-electron chi connectivity index (χ1n) is 9.07. The van der Waals surface area contributed by atoms with E-state index in [0.29, 0.717) is 5.92 Å². The van der Waals surface area contributed by atoms with Crippen LogP contribution in [-0.2, 0) is 6.54 Å². The number of piperazine rings is 1. The third-order valence-electron chi connectivity index (χ3n) is 4.79. The molecule has 4 heteroatoms. The van der Waals surface area contributed by atoms with Gasteiger partial charge in [-0.1, -0.05) is 61.8 Å². The van der Waals surface area contributed by atoms with Gasteiger partial charge in [0.1, 0.15) is 6.54 Å². The fourth-order valence-electron chi connectivity index (χ4n) is 3.11. The van der Waals surface area contributed by atoms with Gasteiger partial charge in [0.25, 0.3) is 0 Å². The zero-order chi connectivity index (χ0) is 17.6. The minimum atomic E-state index is 0.572. The molecule has 0 aromatic heterocycles. The quantitative estimate of drug-likeness (QED) is 0.816. The molecule has 1 saturated heterocycles. The molecular formula is C21H27ClN3+.